The molecule has 1 aromatic carbocycles. The van der Waals surface area contributed by atoms with E-state index in [1.165, 1.54) is 22.6 Å². The molecule has 0 amide bonds. The number of aromatic amines is 1. The maximum atomic E-state index is 13.3. The first-order chi connectivity index (χ1) is 9.54. The number of nitrogens with one attached hydrogen (secondary N) is 1. The Morgan fingerprint density at radius 1 is 1.45 bits per heavy atom. The van der Waals surface area contributed by atoms with Crippen LogP contribution in [0.3, 0.4) is 0 Å². The standard InChI is InChI=1S/C12H13FN4O2S/c13-10-2-1-8-3-4-17(11(8)5-10)20(18,19)12-9(6-14)7-15-16-12/h1-2,5,7H,3-4,6,14H2,(H,15,16). The van der Waals surface area contributed by atoms with Crippen LogP contribution in [0.4, 0.5) is 10.1 Å². The molecule has 1 aliphatic rings. The summed E-state index contributed by atoms with van der Waals surface area (Å²) in [7, 11) is -3.80. The smallest absolute Gasteiger partial charge is 0.281 e. The van der Waals surface area contributed by atoms with E-state index < -0.39 is 15.8 Å². The van der Waals surface area contributed by atoms with E-state index in [2.05, 4.69) is 10.2 Å². The predicted octanol–water partition coefficient (Wildman–Crippen LogP) is 0.759. The molecule has 2 aromatic rings. The summed E-state index contributed by atoms with van der Waals surface area (Å²) < 4.78 is 39.8. The van der Waals surface area contributed by atoms with Gasteiger partial charge in [0.2, 0.25) is 0 Å². The van der Waals surface area contributed by atoms with E-state index in [0.29, 0.717) is 17.7 Å². The molecule has 1 aromatic heterocycles. The van der Waals surface area contributed by atoms with Crippen LogP contribution in [0.25, 0.3) is 0 Å². The fourth-order valence-corrected chi connectivity index (χ4v) is 3.97. The first-order valence-corrected chi connectivity index (χ1v) is 7.51. The number of halogens is 1. The molecule has 3 rings (SSSR count). The molecule has 8 heteroatoms. The van der Waals surface area contributed by atoms with Gasteiger partial charge in [-0.1, -0.05) is 6.07 Å². The second-order valence-corrected chi connectivity index (χ2v) is 6.33. The molecule has 0 atom stereocenters. The van der Waals surface area contributed by atoms with Gasteiger partial charge in [0, 0.05) is 18.7 Å². The largest absolute Gasteiger partial charge is 0.326 e. The molecule has 2 heterocycles. The highest BCUT2D eigenvalue weighted by atomic mass is 32.2. The zero-order chi connectivity index (χ0) is 14.3. The summed E-state index contributed by atoms with van der Waals surface area (Å²) in [5.41, 5.74) is 7.10. The van der Waals surface area contributed by atoms with Crippen LogP contribution in [0.15, 0.2) is 29.4 Å². The molecule has 0 saturated heterocycles. The van der Waals surface area contributed by atoms with E-state index in [1.54, 1.807) is 6.07 Å². The van der Waals surface area contributed by atoms with Gasteiger partial charge in [0.25, 0.3) is 10.0 Å². The van der Waals surface area contributed by atoms with Crippen LogP contribution in [0.2, 0.25) is 0 Å². The van der Waals surface area contributed by atoms with Gasteiger partial charge in [-0.3, -0.25) is 9.40 Å². The maximum Gasteiger partial charge on any atom is 0.281 e. The number of anilines is 1. The number of nitrogens with zero attached hydrogens (tertiary/aromatic N) is 2. The third-order valence-corrected chi connectivity index (χ3v) is 5.18. The lowest BCUT2D eigenvalue weighted by Crippen LogP contribution is -2.30. The predicted molar refractivity (Wildman–Crippen MR) is 71.1 cm³/mol. The van der Waals surface area contributed by atoms with E-state index in [1.807, 2.05) is 0 Å². The number of H-pyrrole nitrogens is 1. The van der Waals surface area contributed by atoms with Gasteiger partial charge in [-0.25, -0.2) is 4.39 Å². The van der Waals surface area contributed by atoms with Crippen molar-refractivity contribution in [3.8, 4) is 0 Å². The van der Waals surface area contributed by atoms with Crippen molar-refractivity contribution in [1.82, 2.24) is 10.2 Å². The molecule has 0 bridgehead atoms. The molecule has 0 unspecified atom stereocenters. The van der Waals surface area contributed by atoms with E-state index in [0.717, 1.165) is 5.56 Å². The number of sulfonamides is 1. The normalized spacial score (nSPS) is 14.6. The van der Waals surface area contributed by atoms with E-state index >= 15 is 0 Å². The summed E-state index contributed by atoms with van der Waals surface area (Å²) in [6, 6.07) is 4.17. The van der Waals surface area contributed by atoms with Gasteiger partial charge < -0.3 is 5.73 Å². The van der Waals surface area contributed by atoms with Crippen molar-refractivity contribution in [3.05, 3.63) is 41.3 Å². The first kappa shape index (κ1) is 13.1. The molecule has 106 valence electrons. The monoisotopic (exact) mass is 296 g/mol. The average molecular weight is 296 g/mol. The highest BCUT2D eigenvalue weighted by Crippen LogP contribution is 2.33. The number of rotatable bonds is 3. The van der Waals surface area contributed by atoms with Crippen molar-refractivity contribution < 1.29 is 12.8 Å². The Morgan fingerprint density at radius 3 is 3.00 bits per heavy atom. The molecular formula is C12H13FN4O2S. The summed E-state index contributed by atoms with van der Waals surface area (Å²) in [5, 5.41) is 6.15. The molecule has 0 saturated carbocycles. The van der Waals surface area contributed by atoms with Crippen molar-refractivity contribution in [1.29, 1.82) is 0 Å². The zero-order valence-electron chi connectivity index (χ0n) is 10.5. The fraction of sp³-hybridized carbons (Fsp3) is 0.250. The molecule has 6 nitrogen and oxygen atoms in total. The van der Waals surface area contributed by atoms with Crippen LogP contribution < -0.4 is 10.0 Å². The lowest BCUT2D eigenvalue weighted by atomic mass is 10.2. The van der Waals surface area contributed by atoms with Gasteiger partial charge >= 0.3 is 0 Å². The number of nitrogens with two attached hydrogens (primary N) is 1. The van der Waals surface area contributed by atoms with Gasteiger partial charge in [0.15, 0.2) is 5.03 Å². The molecule has 0 radical (unpaired) electrons. The van der Waals surface area contributed by atoms with Crippen molar-refractivity contribution in [2.24, 2.45) is 5.73 Å². The minimum Gasteiger partial charge on any atom is -0.326 e. The Hall–Kier alpha value is -1.93. The van der Waals surface area contributed by atoms with Crippen molar-refractivity contribution >= 4 is 15.7 Å². The average Bonchev–Trinajstić information content (AvgIpc) is 3.04. The Morgan fingerprint density at radius 2 is 2.25 bits per heavy atom. The summed E-state index contributed by atoms with van der Waals surface area (Å²) in [5.74, 6) is -0.463. The minimum absolute atomic E-state index is 0.0305. The minimum atomic E-state index is -3.80. The highest BCUT2D eigenvalue weighted by molar-refractivity contribution is 7.92. The van der Waals surface area contributed by atoms with Gasteiger partial charge in [-0.15, -0.1) is 0 Å². The first-order valence-electron chi connectivity index (χ1n) is 6.07. The number of hydrogen-bond donors (Lipinski definition) is 2. The van der Waals surface area contributed by atoms with Crippen molar-refractivity contribution in [3.63, 3.8) is 0 Å². The van der Waals surface area contributed by atoms with E-state index in [4.69, 9.17) is 5.73 Å². The van der Waals surface area contributed by atoms with Crippen LogP contribution in [-0.2, 0) is 23.0 Å². The summed E-state index contributed by atoms with van der Waals surface area (Å²) in [6.45, 7) is 0.346. The molecule has 0 spiro atoms. The van der Waals surface area contributed by atoms with Crippen LogP contribution in [-0.4, -0.2) is 25.2 Å². The van der Waals surface area contributed by atoms with Crippen molar-refractivity contribution in [2.45, 2.75) is 18.0 Å². The number of fused-ring (bicyclic) bond motifs is 1. The van der Waals surface area contributed by atoms with E-state index in [9.17, 15) is 12.8 Å². The molecule has 20 heavy (non-hydrogen) atoms. The molecule has 0 fully saturated rings. The Bertz CT molecular complexity index is 757. The molecule has 3 N–H and O–H groups in total. The number of hydrogen-bond acceptors (Lipinski definition) is 4. The van der Waals surface area contributed by atoms with Crippen molar-refractivity contribution in [2.75, 3.05) is 10.8 Å². The third kappa shape index (κ3) is 1.88. The second kappa shape index (κ2) is 4.57. The van der Waals surface area contributed by atoms with Gasteiger partial charge in [0.1, 0.15) is 5.82 Å². The third-order valence-electron chi connectivity index (χ3n) is 3.35. The maximum absolute atomic E-state index is 13.3. The Kier molecular flexibility index (Phi) is 2.98. The van der Waals surface area contributed by atoms with Gasteiger partial charge in [-0.05, 0) is 24.1 Å². The van der Waals surface area contributed by atoms with Gasteiger partial charge in [-0.2, -0.15) is 13.5 Å². The Balaban J connectivity index is 2.09. The van der Waals surface area contributed by atoms with Gasteiger partial charge in [0.05, 0.1) is 11.9 Å². The molecular weight excluding hydrogens is 283 g/mol. The lowest BCUT2D eigenvalue weighted by Gasteiger charge is -2.19. The second-order valence-electron chi connectivity index (χ2n) is 4.53. The zero-order valence-corrected chi connectivity index (χ0v) is 11.3. The molecule has 1 aliphatic heterocycles. The lowest BCUT2D eigenvalue weighted by molar-refractivity contribution is 0.586. The van der Waals surface area contributed by atoms with E-state index in [-0.39, 0.29) is 18.1 Å². The van der Waals surface area contributed by atoms with Crippen LogP contribution in [0.5, 0.6) is 0 Å². The topological polar surface area (TPSA) is 92.1 Å². The highest BCUT2D eigenvalue weighted by Gasteiger charge is 2.33. The summed E-state index contributed by atoms with van der Waals surface area (Å²) in [4.78, 5) is 0. The van der Waals surface area contributed by atoms with Crippen LogP contribution >= 0.6 is 0 Å². The fourth-order valence-electron chi connectivity index (χ4n) is 2.35. The Labute approximate surface area is 115 Å². The molecule has 0 aliphatic carbocycles. The quantitative estimate of drug-likeness (QED) is 0.874. The summed E-state index contributed by atoms with van der Waals surface area (Å²) in [6.07, 6.45) is 1.94. The number of benzene rings is 1. The summed E-state index contributed by atoms with van der Waals surface area (Å²) >= 11 is 0. The number of aromatic nitrogens is 2. The van der Waals surface area contributed by atoms with Crippen LogP contribution in [0, 0.1) is 5.82 Å². The van der Waals surface area contributed by atoms with Crippen LogP contribution in [0.1, 0.15) is 11.1 Å². The SMILES string of the molecule is NCc1cn[nH]c1S(=O)(=O)N1CCc2ccc(F)cc21.